The van der Waals surface area contributed by atoms with Gasteiger partial charge in [0.05, 0.1) is 27.8 Å². The molecule has 0 bridgehead atoms. The molecule has 0 fully saturated rings. The lowest BCUT2D eigenvalue weighted by Crippen LogP contribution is -2.22. The summed E-state index contributed by atoms with van der Waals surface area (Å²) in [6.07, 6.45) is 1.70. The predicted octanol–water partition coefficient (Wildman–Crippen LogP) is 2.96. The number of aromatic nitrogens is 1. The van der Waals surface area contributed by atoms with Crippen LogP contribution in [0, 0.1) is 0 Å². The zero-order valence-corrected chi connectivity index (χ0v) is 11.4. The molecule has 1 heterocycles. The minimum atomic E-state index is -0.257. The highest BCUT2D eigenvalue weighted by Gasteiger charge is 2.11. The molecule has 0 aliphatic heterocycles. The smallest absolute Gasteiger partial charge is 0.251 e. The van der Waals surface area contributed by atoms with E-state index >= 15 is 0 Å². The minimum absolute atomic E-state index is 0.257. The molecule has 2 rings (SSSR count). The summed E-state index contributed by atoms with van der Waals surface area (Å²) in [5.74, 6) is -0.257. The third-order valence-corrected chi connectivity index (χ3v) is 3.65. The molecule has 1 aromatic carbocycles. The van der Waals surface area contributed by atoms with Crippen LogP contribution >= 0.6 is 34.5 Å². The molecule has 0 saturated heterocycles. The second-order valence-corrected chi connectivity index (χ2v) is 5.29. The van der Waals surface area contributed by atoms with Gasteiger partial charge in [-0.05, 0) is 12.1 Å². The molecule has 7 heteroatoms. The molecule has 18 heavy (non-hydrogen) atoms. The van der Waals surface area contributed by atoms with Crippen LogP contribution in [-0.4, -0.2) is 10.9 Å². The molecular formula is C11H9Cl2N3OS. The molecule has 1 aromatic heterocycles. The number of benzene rings is 1. The molecule has 0 saturated carbocycles. The minimum Gasteiger partial charge on any atom is -0.396 e. The number of anilines is 1. The highest BCUT2D eigenvalue weighted by molar-refractivity contribution is 7.09. The van der Waals surface area contributed by atoms with E-state index in [-0.39, 0.29) is 21.6 Å². The van der Waals surface area contributed by atoms with Crippen molar-refractivity contribution in [3.05, 3.63) is 44.3 Å². The lowest BCUT2D eigenvalue weighted by atomic mass is 10.2. The van der Waals surface area contributed by atoms with Gasteiger partial charge in [-0.1, -0.05) is 23.2 Å². The highest BCUT2D eigenvalue weighted by atomic mass is 35.5. The zero-order chi connectivity index (χ0) is 13.1. The molecule has 0 aliphatic carbocycles. The second-order valence-electron chi connectivity index (χ2n) is 3.50. The van der Waals surface area contributed by atoms with Gasteiger partial charge in [0, 0.05) is 16.6 Å². The molecule has 0 aliphatic rings. The predicted molar refractivity (Wildman–Crippen MR) is 74.2 cm³/mol. The Bertz CT molecular complexity index is 549. The van der Waals surface area contributed by atoms with Gasteiger partial charge < -0.3 is 11.1 Å². The van der Waals surface area contributed by atoms with Crippen LogP contribution < -0.4 is 11.1 Å². The summed E-state index contributed by atoms with van der Waals surface area (Å²) in [6, 6.07) is 2.98. The summed E-state index contributed by atoms with van der Waals surface area (Å²) >= 11 is 13.2. The normalized spacial score (nSPS) is 10.3. The van der Waals surface area contributed by atoms with Crippen LogP contribution in [0.1, 0.15) is 15.2 Å². The SMILES string of the molecule is Nc1c(Cl)cc(C(=O)NCc2cncs2)cc1Cl. The Balaban J connectivity index is 2.09. The van der Waals surface area contributed by atoms with Crippen molar-refractivity contribution >= 4 is 46.1 Å². The van der Waals surface area contributed by atoms with Crippen LogP contribution in [-0.2, 0) is 6.54 Å². The fourth-order valence-electron chi connectivity index (χ4n) is 1.31. The van der Waals surface area contributed by atoms with Crippen molar-refractivity contribution in [2.75, 3.05) is 5.73 Å². The summed E-state index contributed by atoms with van der Waals surface area (Å²) in [6.45, 7) is 0.420. The van der Waals surface area contributed by atoms with Crippen molar-refractivity contribution in [2.24, 2.45) is 0 Å². The second kappa shape index (κ2) is 5.56. The van der Waals surface area contributed by atoms with Gasteiger partial charge in [-0.3, -0.25) is 9.78 Å². The number of nitrogens with zero attached hydrogens (tertiary/aromatic N) is 1. The summed E-state index contributed by atoms with van der Waals surface area (Å²) in [7, 11) is 0. The molecule has 0 radical (unpaired) electrons. The van der Waals surface area contributed by atoms with Gasteiger partial charge in [0.2, 0.25) is 0 Å². The third-order valence-electron chi connectivity index (χ3n) is 2.25. The molecule has 0 atom stereocenters. The molecule has 0 spiro atoms. The summed E-state index contributed by atoms with van der Waals surface area (Å²) < 4.78 is 0. The summed E-state index contributed by atoms with van der Waals surface area (Å²) in [5.41, 5.74) is 7.96. The lowest BCUT2D eigenvalue weighted by Gasteiger charge is -2.07. The first-order chi connectivity index (χ1) is 8.58. The Morgan fingerprint density at radius 1 is 1.39 bits per heavy atom. The number of nitrogens with one attached hydrogen (secondary N) is 1. The number of nitrogen functional groups attached to an aromatic ring is 1. The Hall–Kier alpha value is -1.30. The number of amides is 1. The lowest BCUT2D eigenvalue weighted by molar-refractivity contribution is 0.0951. The molecule has 94 valence electrons. The van der Waals surface area contributed by atoms with Gasteiger partial charge >= 0.3 is 0 Å². The molecule has 1 amide bonds. The number of carbonyl (C=O) groups excluding carboxylic acids is 1. The van der Waals surface area contributed by atoms with Crippen LogP contribution in [0.2, 0.25) is 10.0 Å². The number of hydrogen-bond donors (Lipinski definition) is 2. The van der Waals surface area contributed by atoms with Crippen molar-refractivity contribution < 1.29 is 4.79 Å². The van der Waals surface area contributed by atoms with E-state index in [1.165, 1.54) is 23.5 Å². The van der Waals surface area contributed by atoms with Crippen molar-refractivity contribution in [1.29, 1.82) is 0 Å². The summed E-state index contributed by atoms with van der Waals surface area (Å²) in [4.78, 5) is 16.8. The average Bonchev–Trinajstić information content (AvgIpc) is 2.85. The van der Waals surface area contributed by atoms with Gasteiger partial charge in [0.25, 0.3) is 5.91 Å². The van der Waals surface area contributed by atoms with E-state index in [1.54, 1.807) is 11.7 Å². The van der Waals surface area contributed by atoms with Gasteiger partial charge in [-0.2, -0.15) is 0 Å². The van der Waals surface area contributed by atoms with E-state index in [1.807, 2.05) is 0 Å². The fraction of sp³-hybridized carbons (Fsp3) is 0.0909. The van der Waals surface area contributed by atoms with Crippen LogP contribution in [0.4, 0.5) is 5.69 Å². The maximum absolute atomic E-state index is 11.9. The number of nitrogens with two attached hydrogens (primary N) is 1. The topological polar surface area (TPSA) is 68.0 Å². The van der Waals surface area contributed by atoms with E-state index < -0.39 is 0 Å². The molecular weight excluding hydrogens is 293 g/mol. The van der Waals surface area contributed by atoms with Crippen LogP contribution in [0.5, 0.6) is 0 Å². The van der Waals surface area contributed by atoms with Crippen molar-refractivity contribution in [3.63, 3.8) is 0 Å². The highest BCUT2D eigenvalue weighted by Crippen LogP contribution is 2.28. The number of carbonyl (C=O) groups is 1. The molecule has 0 unspecified atom stereocenters. The van der Waals surface area contributed by atoms with Crippen molar-refractivity contribution in [3.8, 4) is 0 Å². The van der Waals surface area contributed by atoms with Crippen LogP contribution in [0.15, 0.2) is 23.8 Å². The number of hydrogen-bond acceptors (Lipinski definition) is 4. The summed E-state index contributed by atoms with van der Waals surface area (Å²) in [5, 5.41) is 3.29. The quantitative estimate of drug-likeness (QED) is 0.857. The third kappa shape index (κ3) is 2.93. The van der Waals surface area contributed by atoms with Gasteiger partial charge in [-0.15, -0.1) is 11.3 Å². The number of rotatable bonds is 3. The largest absolute Gasteiger partial charge is 0.396 e. The number of halogens is 2. The Morgan fingerprint density at radius 3 is 2.61 bits per heavy atom. The van der Waals surface area contributed by atoms with Crippen LogP contribution in [0.3, 0.4) is 0 Å². The first kappa shape index (κ1) is 13.1. The first-order valence-electron chi connectivity index (χ1n) is 4.98. The zero-order valence-electron chi connectivity index (χ0n) is 9.11. The maximum atomic E-state index is 11.9. The van der Waals surface area contributed by atoms with Gasteiger partial charge in [0.15, 0.2) is 0 Å². The van der Waals surface area contributed by atoms with E-state index in [4.69, 9.17) is 28.9 Å². The van der Waals surface area contributed by atoms with E-state index in [0.29, 0.717) is 12.1 Å². The first-order valence-corrected chi connectivity index (χ1v) is 6.61. The maximum Gasteiger partial charge on any atom is 0.251 e. The molecule has 2 aromatic rings. The standard InChI is InChI=1S/C11H9Cl2N3OS/c12-8-1-6(2-9(13)10(8)14)11(17)16-4-7-3-15-5-18-7/h1-3,5H,4,14H2,(H,16,17). The van der Waals surface area contributed by atoms with E-state index in [9.17, 15) is 4.79 Å². The molecule has 3 N–H and O–H groups in total. The van der Waals surface area contributed by atoms with E-state index in [0.717, 1.165) is 4.88 Å². The van der Waals surface area contributed by atoms with Crippen molar-refractivity contribution in [1.82, 2.24) is 10.3 Å². The van der Waals surface area contributed by atoms with Gasteiger partial charge in [0.1, 0.15) is 0 Å². The van der Waals surface area contributed by atoms with E-state index in [2.05, 4.69) is 10.3 Å². The number of thiazole rings is 1. The Kier molecular flexibility index (Phi) is 4.06. The monoisotopic (exact) mass is 301 g/mol. The molecule has 4 nitrogen and oxygen atoms in total. The Morgan fingerprint density at radius 2 is 2.06 bits per heavy atom. The fourth-order valence-corrected chi connectivity index (χ4v) is 2.34. The van der Waals surface area contributed by atoms with Gasteiger partial charge in [-0.25, -0.2) is 0 Å². The van der Waals surface area contributed by atoms with Crippen molar-refractivity contribution in [2.45, 2.75) is 6.54 Å². The Labute approximate surface area is 118 Å². The average molecular weight is 302 g/mol. The van der Waals surface area contributed by atoms with Crippen LogP contribution in [0.25, 0.3) is 0 Å².